The van der Waals surface area contributed by atoms with Crippen LogP contribution < -0.4 is 0 Å². The van der Waals surface area contributed by atoms with E-state index in [0.29, 0.717) is 12.2 Å². The summed E-state index contributed by atoms with van der Waals surface area (Å²) in [6.45, 7) is 5.81. The molecule has 0 saturated heterocycles. The summed E-state index contributed by atoms with van der Waals surface area (Å²) in [4.78, 5) is 19.4. The Hall–Kier alpha value is -2.18. The molecule has 0 spiro atoms. The van der Waals surface area contributed by atoms with Crippen molar-refractivity contribution in [3.63, 3.8) is 0 Å². The van der Waals surface area contributed by atoms with Gasteiger partial charge in [0.05, 0.1) is 11.1 Å². The average molecular weight is 312 g/mol. The molecule has 7 heteroatoms. The first-order valence-corrected chi connectivity index (χ1v) is 6.58. The highest BCUT2D eigenvalue weighted by Crippen LogP contribution is 2.32. The molecule has 1 N–H and O–H groups in total. The number of rotatable bonds is 2. The lowest BCUT2D eigenvalue weighted by atomic mass is 9.92. The van der Waals surface area contributed by atoms with Crippen molar-refractivity contribution in [3.8, 4) is 0 Å². The molecule has 22 heavy (non-hydrogen) atoms. The highest BCUT2D eigenvalue weighted by atomic mass is 19.4. The van der Waals surface area contributed by atoms with Crippen molar-refractivity contribution in [2.24, 2.45) is 5.41 Å². The minimum atomic E-state index is -4.55. The Morgan fingerprint density at radius 1 is 1.18 bits per heavy atom. The number of fused-ring (bicyclic) bond motifs is 1. The molecule has 2 aromatic rings. The van der Waals surface area contributed by atoms with Crippen LogP contribution in [0.5, 0.6) is 0 Å². The van der Waals surface area contributed by atoms with Gasteiger partial charge in [-0.2, -0.15) is 13.2 Å². The number of carbonyl (C=O) groups is 1. The van der Waals surface area contributed by atoms with E-state index in [1.54, 1.807) is 0 Å². The lowest BCUT2D eigenvalue weighted by molar-refractivity contribution is -0.137. The maximum absolute atomic E-state index is 12.8. The van der Waals surface area contributed by atoms with Crippen molar-refractivity contribution in [1.29, 1.82) is 0 Å². The molecule has 0 atom stereocenters. The third-order valence-electron chi connectivity index (χ3n) is 2.96. The lowest BCUT2D eigenvalue weighted by Crippen LogP contribution is -2.15. The average Bonchev–Trinajstić information content (AvgIpc) is 2.33. The summed E-state index contributed by atoms with van der Waals surface area (Å²) in [7, 11) is 0. The number of carboxylic acids is 1. The minimum absolute atomic E-state index is 0.111. The molecule has 4 nitrogen and oxygen atoms in total. The normalized spacial score (nSPS) is 12.6. The third kappa shape index (κ3) is 3.52. The van der Waals surface area contributed by atoms with Crippen LogP contribution in [0.4, 0.5) is 13.2 Å². The molecule has 0 aliphatic carbocycles. The van der Waals surface area contributed by atoms with Crippen LogP contribution >= 0.6 is 0 Å². The zero-order valence-corrected chi connectivity index (χ0v) is 12.3. The Morgan fingerprint density at radius 3 is 2.32 bits per heavy atom. The van der Waals surface area contributed by atoms with Crippen molar-refractivity contribution in [2.75, 3.05) is 0 Å². The first-order chi connectivity index (χ1) is 9.97. The van der Waals surface area contributed by atoms with E-state index < -0.39 is 23.4 Å². The van der Waals surface area contributed by atoms with Gasteiger partial charge in [-0.05, 0) is 23.6 Å². The molecule has 118 valence electrons. The molecular formula is C15H15F3N2O2. The van der Waals surface area contributed by atoms with Gasteiger partial charge in [0, 0.05) is 11.8 Å². The smallest absolute Gasteiger partial charge is 0.416 e. The second-order valence-electron chi connectivity index (χ2n) is 6.26. The van der Waals surface area contributed by atoms with E-state index >= 15 is 0 Å². The second-order valence-corrected chi connectivity index (χ2v) is 6.26. The predicted octanol–water partition coefficient (Wildman–Crippen LogP) is 3.94. The van der Waals surface area contributed by atoms with Gasteiger partial charge in [0.15, 0.2) is 5.69 Å². The van der Waals surface area contributed by atoms with Crippen molar-refractivity contribution >= 4 is 16.9 Å². The predicted molar refractivity (Wildman–Crippen MR) is 74.7 cm³/mol. The Bertz CT molecular complexity index is 734. The maximum Gasteiger partial charge on any atom is 0.416 e. The SMILES string of the molecule is CC(C)(C)Cc1nc(C(=O)O)c2cc(C(F)(F)F)ccc2n1. The number of aromatic nitrogens is 2. The summed E-state index contributed by atoms with van der Waals surface area (Å²) in [5.41, 5.74) is -1.31. The molecule has 1 aromatic carbocycles. The Kier molecular flexibility index (Phi) is 3.85. The van der Waals surface area contributed by atoms with E-state index in [4.69, 9.17) is 0 Å². The van der Waals surface area contributed by atoms with Gasteiger partial charge in [0.1, 0.15) is 5.82 Å². The highest BCUT2D eigenvalue weighted by Gasteiger charge is 2.31. The lowest BCUT2D eigenvalue weighted by Gasteiger charge is -2.17. The van der Waals surface area contributed by atoms with Crippen molar-refractivity contribution in [3.05, 3.63) is 35.3 Å². The molecule has 1 aromatic heterocycles. The summed E-state index contributed by atoms with van der Waals surface area (Å²) in [6, 6.07) is 2.85. The zero-order valence-electron chi connectivity index (χ0n) is 12.3. The van der Waals surface area contributed by atoms with Gasteiger partial charge < -0.3 is 5.11 Å². The third-order valence-corrected chi connectivity index (χ3v) is 2.96. The van der Waals surface area contributed by atoms with E-state index in [1.165, 1.54) is 6.07 Å². The van der Waals surface area contributed by atoms with Gasteiger partial charge in [-0.1, -0.05) is 20.8 Å². The molecule has 0 unspecified atom stereocenters. The second kappa shape index (κ2) is 5.23. The number of hydrogen-bond donors (Lipinski definition) is 1. The van der Waals surface area contributed by atoms with E-state index in [2.05, 4.69) is 9.97 Å². The summed E-state index contributed by atoms with van der Waals surface area (Å²) < 4.78 is 38.3. The fourth-order valence-electron chi connectivity index (χ4n) is 2.07. The number of aromatic carboxylic acids is 1. The molecule has 0 fully saturated rings. The van der Waals surface area contributed by atoms with Crippen LogP contribution in [0, 0.1) is 5.41 Å². The van der Waals surface area contributed by atoms with E-state index in [-0.39, 0.29) is 16.3 Å². The fraction of sp³-hybridized carbons (Fsp3) is 0.400. The molecule has 0 aliphatic heterocycles. The molecule has 0 saturated carbocycles. The number of alkyl halides is 3. The van der Waals surface area contributed by atoms with E-state index in [1.807, 2.05) is 20.8 Å². The maximum atomic E-state index is 12.8. The number of carboxylic acid groups (broad SMARTS) is 1. The molecule has 0 amide bonds. The fourth-order valence-corrected chi connectivity index (χ4v) is 2.07. The van der Waals surface area contributed by atoms with Gasteiger partial charge in [0.2, 0.25) is 0 Å². The summed E-state index contributed by atoms with van der Waals surface area (Å²) in [6.07, 6.45) is -4.13. The van der Waals surface area contributed by atoms with Crippen molar-refractivity contribution in [2.45, 2.75) is 33.4 Å². The largest absolute Gasteiger partial charge is 0.476 e. The summed E-state index contributed by atoms with van der Waals surface area (Å²) in [5.74, 6) is -1.07. The number of benzene rings is 1. The standard InChI is InChI=1S/C15H15F3N2O2/c1-14(2,3)7-11-19-10-5-4-8(15(16,17)18)6-9(10)12(20-11)13(21)22/h4-6H,7H2,1-3H3,(H,21,22). The van der Waals surface area contributed by atoms with Crippen molar-refractivity contribution < 1.29 is 23.1 Å². The van der Waals surface area contributed by atoms with Gasteiger partial charge >= 0.3 is 12.1 Å². The molecule has 0 aliphatic rings. The Morgan fingerprint density at radius 2 is 1.82 bits per heavy atom. The van der Waals surface area contributed by atoms with Gasteiger partial charge in [0.25, 0.3) is 0 Å². The number of halogens is 3. The molecule has 2 rings (SSSR count). The van der Waals surface area contributed by atoms with Crippen LogP contribution in [-0.2, 0) is 12.6 Å². The van der Waals surface area contributed by atoms with Crippen LogP contribution in [0.15, 0.2) is 18.2 Å². The molecule has 0 radical (unpaired) electrons. The Balaban J connectivity index is 2.67. The van der Waals surface area contributed by atoms with E-state index in [0.717, 1.165) is 12.1 Å². The Labute approximate surface area is 125 Å². The minimum Gasteiger partial charge on any atom is -0.476 e. The summed E-state index contributed by atoms with van der Waals surface area (Å²) in [5, 5.41) is 9.12. The quantitative estimate of drug-likeness (QED) is 0.912. The first-order valence-electron chi connectivity index (χ1n) is 6.58. The van der Waals surface area contributed by atoms with Crippen LogP contribution in [0.25, 0.3) is 10.9 Å². The van der Waals surface area contributed by atoms with E-state index in [9.17, 15) is 23.1 Å². The highest BCUT2D eigenvalue weighted by molar-refractivity contribution is 6.00. The van der Waals surface area contributed by atoms with Gasteiger partial charge in [-0.25, -0.2) is 14.8 Å². The molecular weight excluding hydrogens is 297 g/mol. The molecule has 1 heterocycles. The van der Waals surface area contributed by atoms with Crippen molar-refractivity contribution in [1.82, 2.24) is 9.97 Å². The van der Waals surface area contributed by atoms with Gasteiger partial charge in [-0.3, -0.25) is 0 Å². The van der Waals surface area contributed by atoms with Gasteiger partial charge in [-0.15, -0.1) is 0 Å². The van der Waals surface area contributed by atoms with Crippen LogP contribution in [-0.4, -0.2) is 21.0 Å². The van der Waals surface area contributed by atoms with Crippen LogP contribution in [0.3, 0.4) is 0 Å². The zero-order chi connectivity index (χ0) is 16.7. The molecule has 0 bridgehead atoms. The number of hydrogen-bond acceptors (Lipinski definition) is 3. The monoisotopic (exact) mass is 312 g/mol. The topological polar surface area (TPSA) is 63.1 Å². The number of nitrogens with zero attached hydrogens (tertiary/aromatic N) is 2. The van der Waals surface area contributed by atoms with Crippen LogP contribution in [0.1, 0.15) is 42.6 Å². The first kappa shape index (κ1) is 16.2. The van der Waals surface area contributed by atoms with Crippen LogP contribution in [0.2, 0.25) is 0 Å². The summed E-state index contributed by atoms with van der Waals surface area (Å²) >= 11 is 0.